The van der Waals surface area contributed by atoms with Crippen molar-refractivity contribution in [3.8, 4) is 0 Å². The molecule has 26 heavy (non-hydrogen) atoms. The van der Waals surface area contributed by atoms with E-state index in [1.165, 1.54) is 11.1 Å². The van der Waals surface area contributed by atoms with E-state index in [-0.39, 0.29) is 11.8 Å². The predicted octanol–water partition coefficient (Wildman–Crippen LogP) is 3.39. The van der Waals surface area contributed by atoms with Gasteiger partial charge in [-0.3, -0.25) is 4.79 Å². The van der Waals surface area contributed by atoms with Gasteiger partial charge in [0.1, 0.15) is 5.82 Å². The van der Waals surface area contributed by atoms with Gasteiger partial charge >= 0.3 is 0 Å². The summed E-state index contributed by atoms with van der Waals surface area (Å²) in [5.74, 6) is 1.68. The Morgan fingerprint density at radius 3 is 2.58 bits per heavy atom. The molecule has 1 heterocycles. The minimum Gasteiger partial charge on any atom is -0.355 e. The third kappa shape index (κ3) is 3.85. The van der Waals surface area contributed by atoms with Crippen LogP contribution in [0, 0.1) is 5.92 Å². The molecule has 1 aliphatic carbocycles. The molecule has 1 aliphatic rings. The fraction of sp³-hybridized carbons (Fsp3) is 0.273. The number of nitrogens with one attached hydrogen (secondary N) is 1. The van der Waals surface area contributed by atoms with E-state index in [0.717, 1.165) is 25.2 Å². The lowest BCUT2D eigenvalue weighted by atomic mass is 10.1. The van der Waals surface area contributed by atoms with E-state index in [4.69, 9.17) is 0 Å². The van der Waals surface area contributed by atoms with Gasteiger partial charge in [-0.15, -0.1) is 0 Å². The van der Waals surface area contributed by atoms with Gasteiger partial charge in [0.05, 0.1) is 0 Å². The number of amides is 1. The summed E-state index contributed by atoms with van der Waals surface area (Å²) in [6, 6.07) is 20.6. The van der Waals surface area contributed by atoms with Gasteiger partial charge in [0.15, 0.2) is 0 Å². The number of imidazole rings is 1. The summed E-state index contributed by atoms with van der Waals surface area (Å²) < 4.78 is 2.14. The highest BCUT2D eigenvalue weighted by atomic mass is 16.2. The largest absolute Gasteiger partial charge is 0.355 e. The van der Waals surface area contributed by atoms with Gasteiger partial charge in [-0.25, -0.2) is 4.98 Å². The third-order valence-electron chi connectivity index (χ3n) is 5.00. The Labute approximate surface area is 153 Å². The van der Waals surface area contributed by atoms with Crippen molar-refractivity contribution in [1.82, 2.24) is 14.9 Å². The highest BCUT2D eigenvalue weighted by molar-refractivity contribution is 5.82. The van der Waals surface area contributed by atoms with Crippen LogP contribution in [0.5, 0.6) is 0 Å². The second-order valence-corrected chi connectivity index (χ2v) is 6.86. The summed E-state index contributed by atoms with van der Waals surface area (Å²) in [6.45, 7) is 1.44. The van der Waals surface area contributed by atoms with E-state index in [0.29, 0.717) is 12.5 Å². The SMILES string of the molecule is O=C(NCCc1nccn1Cc1ccccc1)[C@H]1C[C@H]1c1ccccc1. The van der Waals surface area contributed by atoms with E-state index >= 15 is 0 Å². The van der Waals surface area contributed by atoms with Crippen molar-refractivity contribution in [1.29, 1.82) is 0 Å². The van der Waals surface area contributed by atoms with E-state index in [1.54, 1.807) is 0 Å². The molecular formula is C22H23N3O. The molecule has 0 bridgehead atoms. The van der Waals surface area contributed by atoms with Crippen LogP contribution in [-0.4, -0.2) is 22.0 Å². The quantitative estimate of drug-likeness (QED) is 0.713. The lowest BCUT2D eigenvalue weighted by Crippen LogP contribution is -2.28. The standard InChI is InChI=1S/C22H23N3O/c26-22(20-15-19(20)18-9-5-2-6-10-18)24-12-11-21-23-13-14-25(21)16-17-7-3-1-4-8-17/h1-10,13-14,19-20H,11-12,15-16H2,(H,24,26)/t19-,20-/m0/s1. The summed E-state index contributed by atoms with van der Waals surface area (Å²) in [4.78, 5) is 16.8. The molecule has 4 nitrogen and oxygen atoms in total. The number of hydrogen-bond acceptors (Lipinski definition) is 2. The van der Waals surface area contributed by atoms with Gasteiger partial charge in [-0.05, 0) is 23.5 Å². The van der Waals surface area contributed by atoms with E-state index in [2.05, 4.69) is 39.1 Å². The van der Waals surface area contributed by atoms with Crippen LogP contribution in [0.1, 0.15) is 29.3 Å². The number of nitrogens with zero attached hydrogens (tertiary/aromatic N) is 2. The molecule has 0 unspecified atom stereocenters. The number of aromatic nitrogens is 2. The molecule has 2 atom stereocenters. The van der Waals surface area contributed by atoms with Crippen molar-refractivity contribution in [3.05, 3.63) is 90.0 Å². The lowest BCUT2D eigenvalue weighted by Gasteiger charge is -2.09. The fourth-order valence-electron chi connectivity index (χ4n) is 3.47. The van der Waals surface area contributed by atoms with Crippen LogP contribution >= 0.6 is 0 Å². The van der Waals surface area contributed by atoms with Crippen molar-refractivity contribution in [2.75, 3.05) is 6.54 Å². The van der Waals surface area contributed by atoms with E-state index in [9.17, 15) is 4.79 Å². The number of rotatable bonds is 7. The molecular weight excluding hydrogens is 322 g/mol. The van der Waals surface area contributed by atoms with Crippen LogP contribution in [0.4, 0.5) is 0 Å². The maximum atomic E-state index is 12.4. The van der Waals surface area contributed by atoms with Crippen molar-refractivity contribution < 1.29 is 4.79 Å². The van der Waals surface area contributed by atoms with Gasteiger partial charge < -0.3 is 9.88 Å². The normalized spacial score (nSPS) is 18.5. The Bertz CT molecular complexity index is 857. The van der Waals surface area contributed by atoms with Gasteiger partial charge in [-0.2, -0.15) is 0 Å². The highest BCUT2D eigenvalue weighted by Crippen LogP contribution is 2.47. The van der Waals surface area contributed by atoms with E-state index in [1.807, 2.05) is 48.8 Å². The molecule has 4 heteroatoms. The maximum Gasteiger partial charge on any atom is 0.223 e. The molecule has 1 fully saturated rings. The molecule has 4 rings (SSSR count). The number of hydrogen-bond donors (Lipinski definition) is 1. The molecule has 0 radical (unpaired) electrons. The van der Waals surface area contributed by atoms with E-state index < -0.39 is 0 Å². The summed E-state index contributed by atoms with van der Waals surface area (Å²) in [6.07, 6.45) is 5.52. The van der Waals surface area contributed by atoms with Crippen LogP contribution in [0.15, 0.2) is 73.1 Å². The summed E-state index contributed by atoms with van der Waals surface area (Å²) in [7, 11) is 0. The van der Waals surface area contributed by atoms with Crippen LogP contribution in [-0.2, 0) is 17.8 Å². The average Bonchev–Trinajstić information content (AvgIpc) is 3.38. The zero-order chi connectivity index (χ0) is 17.8. The zero-order valence-electron chi connectivity index (χ0n) is 14.7. The molecule has 0 saturated heterocycles. The molecule has 1 saturated carbocycles. The Balaban J connectivity index is 1.27. The monoisotopic (exact) mass is 345 g/mol. The van der Waals surface area contributed by atoms with Gasteiger partial charge in [0.2, 0.25) is 5.91 Å². The van der Waals surface area contributed by atoms with Crippen molar-refractivity contribution in [2.24, 2.45) is 5.92 Å². The second-order valence-electron chi connectivity index (χ2n) is 6.86. The zero-order valence-corrected chi connectivity index (χ0v) is 14.7. The van der Waals surface area contributed by atoms with Crippen LogP contribution in [0.3, 0.4) is 0 Å². The maximum absolute atomic E-state index is 12.4. The Morgan fingerprint density at radius 1 is 1.08 bits per heavy atom. The minimum atomic E-state index is 0.126. The lowest BCUT2D eigenvalue weighted by molar-refractivity contribution is -0.122. The van der Waals surface area contributed by atoms with Crippen molar-refractivity contribution in [2.45, 2.75) is 25.3 Å². The smallest absolute Gasteiger partial charge is 0.223 e. The van der Waals surface area contributed by atoms with Crippen LogP contribution in [0.2, 0.25) is 0 Å². The highest BCUT2D eigenvalue weighted by Gasteiger charge is 2.43. The molecule has 0 aliphatic heterocycles. The Kier molecular flexibility index (Phi) is 4.82. The van der Waals surface area contributed by atoms with Crippen LogP contribution < -0.4 is 5.32 Å². The Morgan fingerprint density at radius 2 is 1.81 bits per heavy atom. The topological polar surface area (TPSA) is 46.9 Å². The molecule has 132 valence electrons. The number of benzene rings is 2. The first-order chi connectivity index (χ1) is 12.8. The first-order valence-electron chi connectivity index (χ1n) is 9.18. The Hall–Kier alpha value is -2.88. The predicted molar refractivity (Wildman–Crippen MR) is 102 cm³/mol. The summed E-state index contributed by atoms with van der Waals surface area (Å²) in [5, 5.41) is 3.08. The molecule has 2 aromatic carbocycles. The minimum absolute atomic E-state index is 0.126. The third-order valence-corrected chi connectivity index (χ3v) is 5.00. The molecule has 1 amide bonds. The van der Waals surface area contributed by atoms with Gasteiger partial charge in [0, 0.05) is 37.8 Å². The average molecular weight is 345 g/mol. The molecule has 3 aromatic rings. The first-order valence-corrected chi connectivity index (χ1v) is 9.18. The second kappa shape index (κ2) is 7.56. The molecule has 1 N–H and O–H groups in total. The van der Waals surface area contributed by atoms with Crippen molar-refractivity contribution >= 4 is 5.91 Å². The fourth-order valence-corrected chi connectivity index (χ4v) is 3.47. The first kappa shape index (κ1) is 16.6. The summed E-state index contributed by atoms with van der Waals surface area (Å²) >= 11 is 0. The van der Waals surface area contributed by atoms with Crippen molar-refractivity contribution in [3.63, 3.8) is 0 Å². The molecule has 1 aromatic heterocycles. The van der Waals surface area contributed by atoms with Crippen LogP contribution in [0.25, 0.3) is 0 Å². The van der Waals surface area contributed by atoms with Gasteiger partial charge in [-0.1, -0.05) is 60.7 Å². The molecule has 0 spiro atoms. The number of carbonyl (C=O) groups excluding carboxylic acids is 1. The summed E-state index contributed by atoms with van der Waals surface area (Å²) in [5.41, 5.74) is 2.52. The van der Waals surface area contributed by atoms with Gasteiger partial charge in [0.25, 0.3) is 0 Å². The number of carbonyl (C=O) groups is 1.